The quantitative estimate of drug-likeness (QED) is 0.920. The molecule has 0 unspecified atom stereocenters. The van der Waals surface area contributed by atoms with Crippen LogP contribution in [0.2, 0.25) is 0 Å². The molecule has 0 saturated carbocycles. The molecule has 0 bridgehead atoms. The van der Waals surface area contributed by atoms with E-state index < -0.39 is 0 Å². The summed E-state index contributed by atoms with van der Waals surface area (Å²) in [6.07, 6.45) is 4.32. The Bertz CT molecular complexity index is 615. The van der Waals surface area contributed by atoms with E-state index in [0.29, 0.717) is 6.54 Å². The van der Waals surface area contributed by atoms with Gasteiger partial charge in [0.2, 0.25) is 0 Å². The van der Waals surface area contributed by atoms with Crippen LogP contribution >= 0.6 is 15.9 Å². The van der Waals surface area contributed by atoms with Gasteiger partial charge in [-0.1, -0.05) is 15.9 Å². The molecule has 1 aromatic heterocycles. The smallest absolute Gasteiger partial charge is 0.325 e. The first-order valence-electron chi connectivity index (χ1n) is 5.42. The van der Waals surface area contributed by atoms with Gasteiger partial charge in [-0.2, -0.15) is 0 Å². The summed E-state index contributed by atoms with van der Waals surface area (Å²) >= 11 is 3.49. The molecule has 2 aromatic rings. The van der Waals surface area contributed by atoms with Gasteiger partial charge < -0.3 is 9.72 Å². The van der Waals surface area contributed by atoms with Crippen molar-refractivity contribution in [2.75, 3.05) is 6.61 Å². The Labute approximate surface area is 106 Å². The Morgan fingerprint density at radius 1 is 1.47 bits per heavy atom. The van der Waals surface area contributed by atoms with Gasteiger partial charge in [-0.05, 0) is 17.7 Å². The topological polar surface area (TPSA) is 47.0 Å². The van der Waals surface area contributed by atoms with E-state index in [9.17, 15) is 4.79 Å². The number of nitrogens with one attached hydrogen (secondary N) is 1. The zero-order valence-corrected chi connectivity index (χ0v) is 10.7. The highest BCUT2D eigenvalue weighted by Crippen LogP contribution is 2.33. The highest BCUT2D eigenvalue weighted by molar-refractivity contribution is 9.10. The average Bonchev–Trinajstić information content (AvgIpc) is 2.88. The van der Waals surface area contributed by atoms with Gasteiger partial charge in [-0.3, -0.25) is 4.57 Å². The summed E-state index contributed by atoms with van der Waals surface area (Å²) in [6, 6.07) is 4.08. The molecule has 1 aliphatic heterocycles. The number of imidazole rings is 1. The first-order chi connectivity index (χ1) is 8.24. The summed E-state index contributed by atoms with van der Waals surface area (Å²) in [5.74, 6) is 0.932. The van der Waals surface area contributed by atoms with Gasteiger partial charge in [0, 0.05) is 28.9 Å². The number of hydrogen-bond donors (Lipinski definition) is 1. The minimum atomic E-state index is -0.100. The summed E-state index contributed by atoms with van der Waals surface area (Å²) in [7, 11) is 0. The lowest BCUT2D eigenvalue weighted by Crippen LogP contribution is -2.17. The van der Waals surface area contributed by atoms with Gasteiger partial charge in [0.25, 0.3) is 0 Å². The maximum Gasteiger partial charge on any atom is 0.325 e. The Hall–Kier alpha value is -1.49. The number of fused-ring (bicyclic) bond motifs is 1. The molecule has 1 aromatic carbocycles. The monoisotopic (exact) mass is 294 g/mol. The van der Waals surface area contributed by atoms with Gasteiger partial charge in [0.1, 0.15) is 5.75 Å². The van der Waals surface area contributed by atoms with Crippen LogP contribution in [0, 0.1) is 0 Å². The summed E-state index contributed by atoms with van der Waals surface area (Å²) in [5, 5.41) is 0. The second-order valence-corrected chi connectivity index (χ2v) is 4.96. The molecule has 1 N–H and O–H groups in total. The van der Waals surface area contributed by atoms with E-state index in [1.807, 2.05) is 6.07 Å². The van der Waals surface area contributed by atoms with E-state index in [-0.39, 0.29) is 5.69 Å². The fourth-order valence-electron chi connectivity index (χ4n) is 2.12. The first kappa shape index (κ1) is 10.7. The second-order valence-electron chi connectivity index (χ2n) is 4.04. The fraction of sp³-hybridized carbons (Fsp3) is 0.250. The fourth-order valence-corrected chi connectivity index (χ4v) is 2.67. The molecule has 0 amide bonds. The number of hydrogen-bond acceptors (Lipinski definition) is 2. The molecule has 17 heavy (non-hydrogen) atoms. The van der Waals surface area contributed by atoms with Crippen LogP contribution < -0.4 is 10.4 Å². The Morgan fingerprint density at radius 2 is 2.35 bits per heavy atom. The number of aromatic nitrogens is 2. The number of halogens is 1. The molecule has 88 valence electrons. The van der Waals surface area contributed by atoms with Crippen molar-refractivity contribution in [2.24, 2.45) is 0 Å². The average molecular weight is 295 g/mol. The van der Waals surface area contributed by atoms with E-state index in [2.05, 4.69) is 27.0 Å². The summed E-state index contributed by atoms with van der Waals surface area (Å²) < 4.78 is 8.28. The van der Waals surface area contributed by atoms with Crippen LogP contribution in [0.15, 0.2) is 33.8 Å². The van der Waals surface area contributed by atoms with Crippen molar-refractivity contribution in [1.82, 2.24) is 9.55 Å². The van der Waals surface area contributed by atoms with Gasteiger partial charge >= 0.3 is 5.69 Å². The molecule has 0 atom stereocenters. The number of benzene rings is 1. The Morgan fingerprint density at radius 3 is 3.12 bits per heavy atom. The predicted octanol–water partition coefficient (Wildman–Crippen LogP) is 1.92. The third kappa shape index (κ3) is 1.91. The van der Waals surface area contributed by atoms with E-state index in [4.69, 9.17) is 4.74 Å². The molecule has 0 saturated heterocycles. The lowest BCUT2D eigenvalue weighted by atomic mass is 10.1. The lowest BCUT2D eigenvalue weighted by Gasteiger charge is -2.09. The third-order valence-electron chi connectivity index (χ3n) is 2.89. The van der Waals surface area contributed by atoms with Crippen LogP contribution in [0.1, 0.15) is 11.1 Å². The minimum absolute atomic E-state index is 0.100. The standard InChI is InChI=1S/C12H11BrN2O2/c13-10-5-8-1-4-17-11(8)9(6-10)7-15-3-2-14-12(15)16/h2-3,5-6H,1,4,7H2,(H,14,16). The van der Waals surface area contributed by atoms with E-state index in [1.165, 1.54) is 5.56 Å². The zero-order valence-electron chi connectivity index (χ0n) is 9.07. The van der Waals surface area contributed by atoms with Crippen molar-refractivity contribution in [3.05, 3.63) is 50.6 Å². The molecule has 0 spiro atoms. The van der Waals surface area contributed by atoms with Gasteiger partial charge in [-0.15, -0.1) is 0 Å². The van der Waals surface area contributed by atoms with Crippen molar-refractivity contribution in [1.29, 1.82) is 0 Å². The van der Waals surface area contributed by atoms with Gasteiger partial charge in [-0.25, -0.2) is 4.79 Å². The van der Waals surface area contributed by atoms with E-state index in [0.717, 1.165) is 28.8 Å². The van der Waals surface area contributed by atoms with Crippen LogP contribution in [0.3, 0.4) is 0 Å². The number of nitrogens with zero attached hydrogens (tertiary/aromatic N) is 1. The second kappa shape index (κ2) is 4.07. The van der Waals surface area contributed by atoms with Crippen LogP contribution in [0.4, 0.5) is 0 Å². The van der Waals surface area contributed by atoms with Gasteiger partial charge in [0.05, 0.1) is 13.2 Å². The molecule has 5 heteroatoms. The number of rotatable bonds is 2. The van der Waals surface area contributed by atoms with Crippen molar-refractivity contribution in [2.45, 2.75) is 13.0 Å². The van der Waals surface area contributed by atoms with Crippen LogP contribution in [-0.2, 0) is 13.0 Å². The first-order valence-corrected chi connectivity index (χ1v) is 6.21. The van der Waals surface area contributed by atoms with Crippen LogP contribution in [0.5, 0.6) is 5.75 Å². The van der Waals surface area contributed by atoms with Crippen LogP contribution in [-0.4, -0.2) is 16.2 Å². The maximum absolute atomic E-state index is 11.5. The summed E-state index contributed by atoms with van der Waals surface area (Å²) in [4.78, 5) is 14.1. The zero-order chi connectivity index (χ0) is 11.8. The molecule has 3 rings (SSSR count). The molecular weight excluding hydrogens is 284 g/mol. The van der Waals surface area contributed by atoms with E-state index >= 15 is 0 Å². The Balaban J connectivity index is 2.04. The molecule has 4 nitrogen and oxygen atoms in total. The van der Waals surface area contributed by atoms with E-state index in [1.54, 1.807) is 17.0 Å². The number of ether oxygens (including phenoxy) is 1. The summed E-state index contributed by atoms with van der Waals surface area (Å²) in [5.41, 5.74) is 2.14. The number of H-pyrrole nitrogens is 1. The summed E-state index contributed by atoms with van der Waals surface area (Å²) in [6.45, 7) is 1.25. The highest BCUT2D eigenvalue weighted by Gasteiger charge is 2.17. The molecule has 0 aliphatic carbocycles. The molecular formula is C12H11BrN2O2. The largest absolute Gasteiger partial charge is 0.493 e. The third-order valence-corrected chi connectivity index (χ3v) is 3.35. The van der Waals surface area contributed by atoms with Gasteiger partial charge in [0.15, 0.2) is 0 Å². The lowest BCUT2D eigenvalue weighted by molar-refractivity contribution is 0.352. The van der Waals surface area contributed by atoms with Crippen molar-refractivity contribution in [3.63, 3.8) is 0 Å². The van der Waals surface area contributed by atoms with Crippen molar-refractivity contribution in [3.8, 4) is 5.75 Å². The SMILES string of the molecule is O=c1[nH]ccn1Cc1cc(Br)cc2c1OCC2. The molecule has 0 radical (unpaired) electrons. The van der Waals surface area contributed by atoms with Crippen LogP contribution in [0.25, 0.3) is 0 Å². The normalized spacial score (nSPS) is 13.5. The molecule has 1 aliphatic rings. The predicted molar refractivity (Wildman–Crippen MR) is 67.5 cm³/mol. The minimum Gasteiger partial charge on any atom is -0.493 e. The maximum atomic E-state index is 11.5. The van der Waals surface area contributed by atoms with Crippen molar-refractivity contribution < 1.29 is 4.74 Å². The van der Waals surface area contributed by atoms with Crippen molar-refractivity contribution >= 4 is 15.9 Å². The number of aromatic amines is 1. The molecule has 2 heterocycles. The Kier molecular flexibility index (Phi) is 2.55. The highest BCUT2D eigenvalue weighted by atomic mass is 79.9. The molecule has 0 fully saturated rings.